The molecule has 7 heteroatoms. The van der Waals surface area contributed by atoms with Gasteiger partial charge in [-0.3, -0.25) is 14.4 Å². The van der Waals surface area contributed by atoms with Crippen molar-refractivity contribution in [1.29, 1.82) is 0 Å². The van der Waals surface area contributed by atoms with Crippen LogP contribution < -0.4 is 11.1 Å². The number of nitrogens with two attached hydrogens (primary N) is 1. The summed E-state index contributed by atoms with van der Waals surface area (Å²) in [7, 11) is 0. The molecule has 3 aromatic rings. The third kappa shape index (κ3) is 3.65. The second-order valence-electron chi connectivity index (χ2n) is 8.56. The van der Waals surface area contributed by atoms with E-state index in [1.165, 1.54) is 4.90 Å². The van der Waals surface area contributed by atoms with Crippen molar-refractivity contribution in [2.45, 2.75) is 39.7 Å². The fourth-order valence-electron chi connectivity index (χ4n) is 4.67. The summed E-state index contributed by atoms with van der Waals surface area (Å²) < 4.78 is 2.28. The quantitative estimate of drug-likeness (QED) is 0.636. The second kappa shape index (κ2) is 8.06. The van der Waals surface area contributed by atoms with Crippen molar-refractivity contribution >= 4 is 45.2 Å². The van der Waals surface area contributed by atoms with Crippen LogP contribution >= 0.6 is 0 Å². The minimum absolute atomic E-state index is 0.196. The number of piperidine rings is 1. The van der Waals surface area contributed by atoms with Gasteiger partial charge in [0.1, 0.15) is 0 Å². The van der Waals surface area contributed by atoms with Crippen LogP contribution in [-0.4, -0.2) is 40.3 Å². The van der Waals surface area contributed by atoms with Crippen LogP contribution in [0.15, 0.2) is 36.4 Å². The monoisotopic (exact) mass is 420 g/mol. The Kier molecular flexibility index (Phi) is 5.43. The lowest BCUT2D eigenvalue weighted by Gasteiger charge is -2.30. The molecule has 3 N–H and O–H groups in total. The van der Waals surface area contributed by atoms with E-state index < -0.39 is 23.6 Å². The number of rotatable bonds is 3. The number of fused-ring (bicyclic) bond motifs is 3. The van der Waals surface area contributed by atoms with E-state index >= 15 is 0 Å². The fourth-order valence-corrected chi connectivity index (χ4v) is 4.67. The topological polar surface area (TPSA) is 97.4 Å². The van der Waals surface area contributed by atoms with Crippen LogP contribution in [0.25, 0.3) is 21.8 Å². The number of amides is 3. The number of nitrogens with zero attached hydrogens (tertiary/aromatic N) is 2. The summed E-state index contributed by atoms with van der Waals surface area (Å²) in [5.74, 6) is -2.15. The van der Waals surface area contributed by atoms with Gasteiger partial charge < -0.3 is 20.5 Å². The lowest BCUT2D eigenvalue weighted by atomic mass is 9.97. The third-order valence-electron chi connectivity index (χ3n) is 6.21. The van der Waals surface area contributed by atoms with Crippen LogP contribution in [0.3, 0.4) is 0 Å². The number of likely N-dealkylation sites (tertiary alicyclic amines) is 1. The molecule has 1 aliphatic rings. The van der Waals surface area contributed by atoms with Gasteiger partial charge in [0.05, 0.1) is 5.92 Å². The minimum atomic E-state index is -0.694. The molecule has 2 heterocycles. The molecule has 1 fully saturated rings. The maximum atomic E-state index is 12.7. The standard InChI is InChI=1S/C24H28N4O3/c1-14(2)28-19-9-5-4-8-17(19)21-15(3)18(10-11-20(21)28)26-23(30)24(31)27-12-6-7-16(13-27)22(25)29/h4-5,8-11,14,16H,6-7,12-13H2,1-3H3,(H2,25,29)(H,26,30). The highest BCUT2D eigenvalue weighted by atomic mass is 16.2. The van der Waals surface area contributed by atoms with Crippen molar-refractivity contribution in [3.8, 4) is 0 Å². The van der Waals surface area contributed by atoms with E-state index in [9.17, 15) is 14.4 Å². The fraction of sp³-hybridized carbons (Fsp3) is 0.375. The van der Waals surface area contributed by atoms with Crippen molar-refractivity contribution in [2.75, 3.05) is 18.4 Å². The number of hydrogen-bond acceptors (Lipinski definition) is 3. The van der Waals surface area contributed by atoms with Gasteiger partial charge in [0, 0.05) is 46.6 Å². The van der Waals surface area contributed by atoms with Gasteiger partial charge in [0.25, 0.3) is 0 Å². The highest BCUT2D eigenvalue weighted by Gasteiger charge is 2.30. The Morgan fingerprint density at radius 3 is 2.55 bits per heavy atom. The zero-order valence-corrected chi connectivity index (χ0v) is 18.1. The summed E-state index contributed by atoms with van der Waals surface area (Å²) in [4.78, 5) is 38.4. The Bertz CT molecular complexity index is 1190. The molecule has 0 bridgehead atoms. The van der Waals surface area contributed by atoms with E-state index in [1.807, 2.05) is 31.2 Å². The summed E-state index contributed by atoms with van der Waals surface area (Å²) in [6.07, 6.45) is 1.31. The van der Waals surface area contributed by atoms with E-state index in [0.717, 1.165) is 27.4 Å². The van der Waals surface area contributed by atoms with Gasteiger partial charge in [-0.05, 0) is 57.4 Å². The molecule has 1 atom stereocenters. The molecule has 1 saturated heterocycles. The maximum absolute atomic E-state index is 12.7. The first kappa shape index (κ1) is 20.9. The lowest BCUT2D eigenvalue weighted by Crippen LogP contribution is -2.47. The van der Waals surface area contributed by atoms with E-state index in [0.29, 0.717) is 25.1 Å². The van der Waals surface area contributed by atoms with Crippen molar-refractivity contribution in [2.24, 2.45) is 11.7 Å². The van der Waals surface area contributed by atoms with Crippen molar-refractivity contribution in [3.63, 3.8) is 0 Å². The average Bonchev–Trinajstić information content (AvgIpc) is 3.10. The molecule has 3 amide bonds. The van der Waals surface area contributed by atoms with Crippen LogP contribution in [0.4, 0.5) is 5.69 Å². The molecular weight excluding hydrogens is 392 g/mol. The summed E-state index contributed by atoms with van der Waals surface area (Å²) in [6, 6.07) is 12.3. The number of primary amides is 1. The van der Waals surface area contributed by atoms with E-state index in [2.05, 4.69) is 35.9 Å². The van der Waals surface area contributed by atoms with Gasteiger partial charge in [-0.1, -0.05) is 18.2 Å². The Morgan fingerprint density at radius 1 is 1.10 bits per heavy atom. The number of para-hydroxylation sites is 1. The third-order valence-corrected chi connectivity index (χ3v) is 6.21. The predicted octanol–water partition coefficient (Wildman–Crippen LogP) is 3.35. The van der Waals surface area contributed by atoms with Crippen LogP contribution in [0.5, 0.6) is 0 Å². The van der Waals surface area contributed by atoms with Crippen molar-refractivity contribution in [3.05, 3.63) is 42.0 Å². The Balaban J connectivity index is 1.65. The maximum Gasteiger partial charge on any atom is 0.313 e. The molecule has 1 aliphatic heterocycles. The molecule has 31 heavy (non-hydrogen) atoms. The summed E-state index contributed by atoms with van der Waals surface area (Å²) >= 11 is 0. The van der Waals surface area contributed by atoms with Gasteiger partial charge >= 0.3 is 11.8 Å². The van der Waals surface area contributed by atoms with Gasteiger partial charge in [-0.25, -0.2) is 0 Å². The summed E-state index contributed by atoms with van der Waals surface area (Å²) in [5.41, 5.74) is 9.16. The molecule has 0 saturated carbocycles. The van der Waals surface area contributed by atoms with Crippen LogP contribution in [0.1, 0.15) is 38.3 Å². The van der Waals surface area contributed by atoms with Gasteiger partial charge in [-0.15, -0.1) is 0 Å². The molecule has 1 aromatic heterocycles. The van der Waals surface area contributed by atoms with Crippen LogP contribution in [0.2, 0.25) is 0 Å². The number of benzene rings is 2. The Hall–Kier alpha value is -3.35. The van der Waals surface area contributed by atoms with Gasteiger partial charge in [0.15, 0.2) is 0 Å². The predicted molar refractivity (Wildman–Crippen MR) is 122 cm³/mol. The first-order valence-electron chi connectivity index (χ1n) is 10.7. The van der Waals surface area contributed by atoms with Gasteiger partial charge in [0.2, 0.25) is 5.91 Å². The smallest absolute Gasteiger partial charge is 0.313 e. The molecule has 2 aromatic carbocycles. The zero-order chi connectivity index (χ0) is 22.3. The zero-order valence-electron chi connectivity index (χ0n) is 18.1. The van der Waals surface area contributed by atoms with Gasteiger partial charge in [-0.2, -0.15) is 0 Å². The largest absolute Gasteiger partial charge is 0.369 e. The van der Waals surface area contributed by atoms with Crippen molar-refractivity contribution in [1.82, 2.24) is 9.47 Å². The second-order valence-corrected chi connectivity index (χ2v) is 8.56. The van der Waals surface area contributed by atoms with Crippen LogP contribution in [0, 0.1) is 12.8 Å². The number of aromatic nitrogens is 1. The first-order chi connectivity index (χ1) is 14.8. The average molecular weight is 421 g/mol. The molecule has 4 rings (SSSR count). The Morgan fingerprint density at radius 2 is 1.84 bits per heavy atom. The number of nitrogens with one attached hydrogen (secondary N) is 1. The van der Waals surface area contributed by atoms with Crippen molar-refractivity contribution < 1.29 is 14.4 Å². The number of anilines is 1. The molecule has 0 aliphatic carbocycles. The number of hydrogen-bond donors (Lipinski definition) is 2. The molecule has 7 nitrogen and oxygen atoms in total. The summed E-state index contributed by atoms with van der Waals surface area (Å²) in [5, 5.41) is 4.98. The number of carbonyl (C=O) groups excluding carboxylic acids is 3. The normalized spacial score (nSPS) is 16.8. The Labute approximate surface area is 181 Å². The highest BCUT2D eigenvalue weighted by Crippen LogP contribution is 2.36. The highest BCUT2D eigenvalue weighted by molar-refractivity contribution is 6.39. The molecule has 0 spiro atoms. The lowest BCUT2D eigenvalue weighted by molar-refractivity contribution is -0.145. The first-order valence-corrected chi connectivity index (χ1v) is 10.7. The number of carbonyl (C=O) groups is 3. The molecule has 0 radical (unpaired) electrons. The minimum Gasteiger partial charge on any atom is -0.369 e. The molecule has 1 unspecified atom stereocenters. The molecular formula is C24H28N4O3. The molecule has 162 valence electrons. The summed E-state index contributed by atoms with van der Waals surface area (Å²) in [6.45, 7) is 6.90. The number of aryl methyl sites for hydroxylation is 1. The van der Waals surface area contributed by atoms with Crippen LogP contribution in [-0.2, 0) is 14.4 Å². The SMILES string of the molecule is Cc1c(NC(=O)C(=O)N2CCCC(C(N)=O)C2)ccc2c1c1ccccc1n2C(C)C. The van der Waals surface area contributed by atoms with E-state index in [4.69, 9.17) is 5.73 Å². The van der Waals surface area contributed by atoms with E-state index in [-0.39, 0.29) is 12.6 Å². The van der Waals surface area contributed by atoms with E-state index in [1.54, 1.807) is 0 Å².